The summed E-state index contributed by atoms with van der Waals surface area (Å²) >= 11 is 1.71. The molecule has 0 fully saturated rings. The van der Waals surface area contributed by atoms with Crippen LogP contribution < -0.4 is 0 Å². The summed E-state index contributed by atoms with van der Waals surface area (Å²) in [6.45, 7) is 0. The molecule has 0 aliphatic heterocycles. The summed E-state index contributed by atoms with van der Waals surface area (Å²) < 4.78 is 0. The highest BCUT2D eigenvalue weighted by Gasteiger charge is 2.12. The van der Waals surface area contributed by atoms with Crippen LogP contribution in [0.25, 0.3) is 11.0 Å². The number of aryl methyl sites for hydroxylation is 2. The summed E-state index contributed by atoms with van der Waals surface area (Å²) in [6, 6.07) is 6.70. The molecule has 1 aromatic carbocycles. The van der Waals surface area contributed by atoms with Gasteiger partial charge in [0.15, 0.2) is 5.16 Å². The molecule has 0 radical (unpaired) electrons. The highest BCUT2D eigenvalue weighted by molar-refractivity contribution is 7.99. The predicted molar refractivity (Wildman–Crippen MR) is 78.3 cm³/mol. The molecule has 0 bridgehead atoms. The Balaban J connectivity index is 1.79. The molecule has 1 aliphatic rings. The maximum absolute atomic E-state index is 8.52. The van der Waals surface area contributed by atoms with Crippen molar-refractivity contribution in [3.05, 3.63) is 23.3 Å². The van der Waals surface area contributed by atoms with Gasteiger partial charge in [0.1, 0.15) is 0 Å². The van der Waals surface area contributed by atoms with Crippen LogP contribution in [0.4, 0.5) is 0 Å². The third-order valence-corrected chi connectivity index (χ3v) is 4.56. The molecule has 1 N–H and O–H groups in total. The van der Waals surface area contributed by atoms with Crippen molar-refractivity contribution in [2.45, 2.75) is 43.7 Å². The van der Waals surface area contributed by atoms with Gasteiger partial charge < -0.3 is 4.98 Å². The summed E-state index contributed by atoms with van der Waals surface area (Å²) in [5.41, 5.74) is 5.21. The van der Waals surface area contributed by atoms with Gasteiger partial charge in [-0.25, -0.2) is 4.98 Å². The molecule has 0 unspecified atom stereocenters. The number of hydrogen-bond acceptors (Lipinski definition) is 3. The van der Waals surface area contributed by atoms with E-state index in [9.17, 15) is 0 Å². The number of fused-ring (bicyclic) bond motifs is 2. The van der Waals surface area contributed by atoms with E-state index in [0.29, 0.717) is 6.42 Å². The SMILES string of the molecule is N#CCCCSc1nc2cc3c(cc2[nH]1)CCCC3. The minimum absolute atomic E-state index is 0.627. The van der Waals surface area contributed by atoms with E-state index in [1.54, 1.807) is 11.8 Å². The Morgan fingerprint density at radius 2 is 2.05 bits per heavy atom. The lowest BCUT2D eigenvalue weighted by molar-refractivity contribution is 0.687. The van der Waals surface area contributed by atoms with Crippen molar-refractivity contribution in [1.82, 2.24) is 9.97 Å². The van der Waals surface area contributed by atoms with Gasteiger partial charge in [0.2, 0.25) is 0 Å². The third-order valence-electron chi connectivity index (χ3n) is 3.60. The Morgan fingerprint density at radius 1 is 1.26 bits per heavy atom. The lowest BCUT2D eigenvalue weighted by Gasteiger charge is -2.14. The maximum Gasteiger partial charge on any atom is 0.166 e. The van der Waals surface area contributed by atoms with Crippen LogP contribution in [0, 0.1) is 11.3 Å². The van der Waals surface area contributed by atoms with Crippen LogP contribution >= 0.6 is 11.8 Å². The Labute approximate surface area is 117 Å². The number of rotatable bonds is 4. The summed E-state index contributed by atoms with van der Waals surface area (Å²) in [6.07, 6.45) is 6.56. The van der Waals surface area contributed by atoms with Gasteiger partial charge in [0.05, 0.1) is 17.1 Å². The predicted octanol–water partition coefficient (Wildman–Crippen LogP) is 3.84. The number of H-pyrrole nitrogens is 1. The van der Waals surface area contributed by atoms with Gasteiger partial charge in [-0.1, -0.05) is 11.8 Å². The number of imidazole rings is 1. The van der Waals surface area contributed by atoms with E-state index in [0.717, 1.165) is 28.4 Å². The highest BCUT2D eigenvalue weighted by Crippen LogP contribution is 2.27. The van der Waals surface area contributed by atoms with Crippen LogP contribution in [0.15, 0.2) is 17.3 Å². The average molecular weight is 271 g/mol. The van der Waals surface area contributed by atoms with E-state index < -0.39 is 0 Å². The van der Waals surface area contributed by atoms with Gasteiger partial charge in [0.25, 0.3) is 0 Å². The Hall–Kier alpha value is -1.47. The third kappa shape index (κ3) is 2.76. The fourth-order valence-electron chi connectivity index (χ4n) is 2.61. The van der Waals surface area contributed by atoms with E-state index in [1.165, 1.54) is 36.8 Å². The molecular formula is C15H17N3S. The second-order valence-corrected chi connectivity index (χ2v) is 6.08. The number of unbranched alkanes of at least 4 members (excludes halogenated alkanes) is 1. The van der Waals surface area contributed by atoms with E-state index in [2.05, 4.69) is 28.2 Å². The zero-order valence-corrected chi connectivity index (χ0v) is 11.7. The minimum Gasteiger partial charge on any atom is -0.333 e. The first kappa shape index (κ1) is 12.6. The number of hydrogen-bond donors (Lipinski definition) is 1. The quantitative estimate of drug-likeness (QED) is 0.679. The molecule has 0 saturated carbocycles. The smallest absolute Gasteiger partial charge is 0.166 e. The Morgan fingerprint density at radius 3 is 2.84 bits per heavy atom. The molecule has 0 atom stereocenters. The van der Waals surface area contributed by atoms with E-state index >= 15 is 0 Å². The second-order valence-electron chi connectivity index (χ2n) is 5.00. The largest absolute Gasteiger partial charge is 0.333 e. The first-order chi connectivity index (χ1) is 9.36. The van der Waals surface area contributed by atoms with Gasteiger partial charge in [0, 0.05) is 12.2 Å². The fraction of sp³-hybridized carbons (Fsp3) is 0.467. The zero-order valence-electron chi connectivity index (χ0n) is 10.9. The number of benzene rings is 1. The normalized spacial score (nSPS) is 14.3. The molecule has 0 saturated heterocycles. The van der Waals surface area contributed by atoms with Gasteiger partial charge in [-0.2, -0.15) is 5.26 Å². The lowest BCUT2D eigenvalue weighted by Crippen LogP contribution is -2.01. The van der Waals surface area contributed by atoms with Crippen LogP contribution in [-0.2, 0) is 12.8 Å². The molecule has 0 spiro atoms. The Bertz CT molecular complexity index is 581. The average Bonchev–Trinajstić information content (AvgIpc) is 2.82. The molecule has 3 nitrogen and oxygen atoms in total. The van der Waals surface area contributed by atoms with Crippen LogP contribution in [0.2, 0.25) is 0 Å². The van der Waals surface area contributed by atoms with Crippen molar-refractivity contribution >= 4 is 22.8 Å². The molecule has 4 heteroatoms. The van der Waals surface area contributed by atoms with Gasteiger partial charge in [-0.3, -0.25) is 0 Å². The summed E-state index contributed by atoms with van der Waals surface area (Å²) in [5, 5.41) is 9.50. The second kappa shape index (κ2) is 5.66. The van der Waals surface area contributed by atoms with E-state index in [1.807, 2.05) is 0 Å². The van der Waals surface area contributed by atoms with E-state index in [-0.39, 0.29) is 0 Å². The van der Waals surface area contributed by atoms with Crippen molar-refractivity contribution in [3.8, 4) is 6.07 Å². The molecule has 98 valence electrons. The minimum atomic E-state index is 0.627. The molecule has 1 aromatic heterocycles. The topological polar surface area (TPSA) is 52.5 Å². The first-order valence-electron chi connectivity index (χ1n) is 6.88. The van der Waals surface area contributed by atoms with E-state index in [4.69, 9.17) is 5.26 Å². The number of nitrogens with zero attached hydrogens (tertiary/aromatic N) is 2. The number of nitrogens with one attached hydrogen (secondary N) is 1. The number of nitriles is 1. The molecule has 1 heterocycles. The van der Waals surface area contributed by atoms with Crippen molar-refractivity contribution < 1.29 is 0 Å². The number of thioether (sulfide) groups is 1. The van der Waals surface area contributed by atoms with Crippen molar-refractivity contribution in [3.63, 3.8) is 0 Å². The van der Waals surface area contributed by atoms with Crippen LogP contribution in [-0.4, -0.2) is 15.7 Å². The standard InChI is InChI=1S/C15H17N3S/c16-7-3-4-8-19-15-17-13-9-11-5-1-2-6-12(11)10-14(13)18-15/h9-10H,1-6,8H2,(H,17,18). The van der Waals surface area contributed by atoms with Crippen molar-refractivity contribution in [1.29, 1.82) is 5.26 Å². The number of aromatic amines is 1. The molecule has 19 heavy (non-hydrogen) atoms. The molecule has 1 aliphatic carbocycles. The van der Waals surface area contributed by atoms with Crippen molar-refractivity contribution in [2.75, 3.05) is 5.75 Å². The van der Waals surface area contributed by atoms with Crippen molar-refractivity contribution in [2.24, 2.45) is 0 Å². The van der Waals surface area contributed by atoms with Crippen LogP contribution in [0.1, 0.15) is 36.8 Å². The highest BCUT2D eigenvalue weighted by atomic mass is 32.2. The molecule has 2 aromatic rings. The number of aromatic nitrogens is 2. The van der Waals surface area contributed by atoms with Gasteiger partial charge in [-0.05, 0) is 55.4 Å². The zero-order chi connectivity index (χ0) is 13.1. The maximum atomic E-state index is 8.52. The molecule has 0 amide bonds. The summed E-state index contributed by atoms with van der Waals surface area (Å²) in [5.74, 6) is 0.951. The van der Waals surface area contributed by atoms with Gasteiger partial charge in [-0.15, -0.1) is 0 Å². The first-order valence-corrected chi connectivity index (χ1v) is 7.86. The molecule has 3 rings (SSSR count). The van der Waals surface area contributed by atoms with Crippen LogP contribution in [0.3, 0.4) is 0 Å². The van der Waals surface area contributed by atoms with Gasteiger partial charge >= 0.3 is 0 Å². The molecular weight excluding hydrogens is 254 g/mol. The van der Waals surface area contributed by atoms with Crippen LogP contribution in [0.5, 0.6) is 0 Å². The lowest BCUT2D eigenvalue weighted by atomic mass is 9.91. The Kier molecular flexibility index (Phi) is 3.74. The monoisotopic (exact) mass is 271 g/mol. The summed E-state index contributed by atoms with van der Waals surface area (Å²) in [7, 11) is 0. The summed E-state index contributed by atoms with van der Waals surface area (Å²) in [4.78, 5) is 8.03. The fourth-order valence-corrected chi connectivity index (χ4v) is 3.43.